The van der Waals surface area contributed by atoms with E-state index in [1.165, 1.54) is 22.3 Å². The SMILES string of the molecule is O=C1CCN(N2Cc3cc(CN4CCN(c5ncccc5C(F)(F)F)CC4)ccc3C2=O)C(=O)N1. The molecule has 3 aliphatic rings. The zero-order valence-corrected chi connectivity index (χ0v) is 18.7. The number of carbonyl (C=O) groups is 3. The first-order valence-corrected chi connectivity index (χ1v) is 11.2. The van der Waals surface area contributed by atoms with Crippen molar-refractivity contribution in [2.75, 3.05) is 37.6 Å². The van der Waals surface area contributed by atoms with Gasteiger partial charge in [-0.15, -0.1) is 0 Å². The molecule has 0 bridgehead atoms. The van der Waals surface area contributed by atoms with Crippen molar-refractivity contribution in [2.45, 2.75) is 25.7 Å². The van der Waals surface area contributed by atoms with Gasteiger partial charge in [0.2, 0.25) is 5.91 Å². The molecule has 9 nitrogen and oxygen atoms in total. The highest BCUT2D eigenvalue weighted by Gasteiger charge is 2.38. The number of halogens is 3. The number of amides is 4. The molecule has 12 heteroatoms. The quantitative estimate of drug-likeness (QED) is 0.710. The number of benzene rings is 1. The molecule has 5 rings (SSSR count). The second kappa shape index (κ2) is 8.84. The first kappa shape index (κ1) is 23.1. The summed E-state index contributed by atoms with van der Waals surface area (Å²) in [7, 11) is 0. The summed E-state index contributed by atoms with van der Waals surface area (Å²) >= 11 is 0. The summed E-state index contributed by atoms with van der Waals surface area (Å²) in [5.41, 5.74) is 1.55. The fourth-order valence-corrected chi connectivity index (χ4v) is 4.68. The Morgan fingerprint density at radius 2 is 1.74 bits per heavy atom. The maximum absolute atomic E-state index is 13.3. The van der Waals surface area contributed by atoms with Gasteiger partial charge in [0.25, 0.3) is 5.91 Å². The lowest BCUT2D eigenvalue weighted by Crippen LogP contribution is -2.56. The Bertz CT molecular complexity index is 1180. The maximum atomic E-state index is 13.3. The highest BCUT2D eigenvalue weighted by molar-refractivity contribution is 6.01. The number of nitrogens with one attached hydrogen (secondary N) is 1. The molecule has 1 aromatic carbocycles. The first-order valence-electron chi connectivity index (χ1n) is 11.2. The van der Waals surface area contributed by atoms with Crippen LogP contribution in [0.2, 0.25) is 0 Å². The van der Waals surface area contributed by atoms with Gasteiger partial charge in [0.15, 0.2) is 0 Å². The molecule has 184 valence electrons. The molecular formula is C23H23F3N6O3. The third-order valence-electron chi connectivity index (χ3n) is 6.45. The van der Waals surface area contributed by atoms with Gasteiger partial charge in [0.05, 0.1) is 18.7 Å². The van der Waals surface area contributed by atoms with E-state index in [1.54, 1.807) is 11.0 Å². The second-order valence-electron chi connectivity index (χ2n) is 8.72. The van der Waals surface area contributed by atoms with E-state index < -0.39 is 17.8 Å². The molecule has 0 radical (unpaired) electrons. The summed E-state index contributed by atoms with van der Waals surface area (Å²) in [5, 5.41) is 4.83. The van der Waals surface area contributed by atoms with E-state index in [4.69, 9.17) is 0 Å². The summed E-state index contributed by atoms with van der Waals surface area (Å²) in [4.78, 5) is 44.1. The number of carbonyl (C=O) groups excluding carboxylic acids is 3. The van der Waals surface area contributed by atoms with Gasteiger partial charge in [-0.25, -0.2) is 19.8 Å². The minimum absolute atomic E-state index is 0.0424. The van der Waals surface area contributed by atoms with Crippen molar-refractivity contribution in [3.63, 3.8) is 0 Å². The number of hydrazine groups is 1. The third-order valence-corrected chi connectivity index (χ3v) is 6.45. The number of pyridine rings is 1. The Morgan fingerprint density at radius 3 is 2.46 bits per heavy atom. The molecule has 3 aliphatic heterocycles. The number of fused-ring (bicyclic) bond motifs is 1. The zero-order valence-electron chi connectivity index (χ0n) is 18.7. The van der Waals surface area contributed by atoms with Gasteiger partial charge >= 0.3 is 12.2 Å². The van der Waals surface area contributed by atoms with Gasteiger partial charge in [0.1, 0.15) is 5.82 Å². The Balaban J connectivity index is 1.22. The summed E-state index contributed by atoms with van der Waals surface area (Å²) < 4.78 is 40.0. The number of alkyl halides is 3. The molecule has 0 spiro atoms. The lowest BCUT2D eigenvalue weighted by Gasteiger charge is -2.36. The zero-order chi connectivity index (χ0) is 24.7. The average Bonchev–Trinajstić information content (AvgIpc) is 3.14. The molecule has 2 saturated heterocycles. The van der Waals surface area contributed by atoms with Gasteiger partial charge in [-0.2, -0.15) is 13.2 Å². The van der Waals surface area contributed by atoms with Crippen LogP contribution >= 0.6 is 0 Å². The number of hydrogen-bond acceptors (Lipinski definition) is 6. The van der Waals surface area contributed by atoms with E-state index in [2.05, 4.69) is 15.2 Å². The number of piperazine rings is 1. The van der Waals surface area contributed by atoms with Gasteiger partial charge in [0, 0.05) is 50.9 Å². The fraction of sp³-hybridized carbons (Fsp3) is 0.391. The standard InChI is InChI=1S/C23H23F3N6O3/c24-23(25,26)18-2-1-6-27-20(18)30-10-8-29(9-11-30)13-15-3-4-17-16(12-15)14-32(21(17)34)31-7-5-19(33)28-22(31)35/h1-4,6,12H,5,7-11,13-14H2,(H,28,33,35). The number of aromatic nitrogens is 1. The minimum Gasteiger partial charge on any atom is -0.354 e. The number of imide groups is 1. The lowest BCUT2D eigenvalue weighted by molar-refractivity contribution is -0.137. The number of nitrogens with zero attached hydrogens (tertiary/aromatic N) is 5. The maximum Gasteiger partial charge on any atom is 0.419 e. The average molecular weight is 488 g/mol. The lowest BCUT2D eigenvalue weighted by atomic mass is 10.1. The Morgan fingerprint density at radius 1 is 0.971 bits per heavy atom. The molecule has 2 aromatic rings. The summed E-state index contributed by atoms with van der Waals surface area (Å²) in [6.45, 7) is 2.93. The monoisotopic (exact) mass is 488 g/mol. The van der Waals surface area contributed by atoms with E-state index in [0.29, 0.717) is 38.3 Å². The fourth-order valence-electron chi connectivity index (χ4n) is 4.68. The largest absolute Gasteiger partial charge is 0.419 e. The van der Waals surface area contributed by atoms with E-state index >= 15 is 0 Å². The Hall–Kier alpha value is -3.67. The van der Waals surface area contributed by atoms with E-state index in [1.807, 2.05) is 12.1 Å². The Kier molecular flexibility index (Phi) is 5.83. The van der Waals surface area contributed by atoms with Crippen molar-refractivity contribution in [3.05, 3.63) is 58.8 Å². The Labute approximate surface area is 199 Å². The van der Waals surface area contributed by atoms with Crippen LogP contribution in [-0.2, 0) is 24.1 Å². The van der Waals surface area contributed by atoms with Crippen LogP contribution in [0.3, 0.4) is 0 Å². The third kappa shape index (κ3) is 4.53. The van der Waals surface area contributed by atoms with E-state index in [0.717, 1.165) is 17.2 Å². The van der Waals surface area contributed by atoms with Crippen molar-refractivity contribution in [3.8, 4) is 0 Å². The second-order valence-corrected chi connectivity index (χ2v) is 8.72. The molecule has 4 heterocycles. The van der Waals surface area contributed by atoms with Crippen LogP contribution < -0.4 is 10.2 Å². The highest BCUT2D eigenvalue weighted by Crippen LogP contribution is 2.35. The topological polar surface area (TPSA) is 89.1 Å². The van der Waals surface area contributed by atoms with Crippen molar-refractivity contribution in [1.82, 2.24) is 25.2 Å². The van der Waals surface area contributed by atoms with Crippen molar-refractivity contribution in [1.29, 1.82) is 0 Å². The molecule has 0 atom stereocenters. The van der Waals surface area contributed by atoms with Crippen molar-refractivity contribution in [2.24, 2.45) is 0 Å². The van der Waals surface area contributed by atoms with Crippen LogP contribution in [0.5, 0.6) is 0 Å². The van der Waals surface area contributed by atoms with Crippen LogP contribution in [0.4, 0.5) is 23.8 Å². The normalized spacial score (nSPS) is 19.3. The van der Waals surface area contributed by atoms with Crippen LogP contribution in [0.15, 0.2) is 36.5 Å². The first-order chi connectivity index (χ1) is 16.7. The van der Waals surface area contributed by atoms with Crippen LogP contribution in [0.1, 0.15) is 33.5 Å². The van der Waals surface area contributed by atoms with Crippen LogP contribution in [0, 0.1) is 0 Å². The smallest absolute Gasteiger partial charge is 0.354 e. The molecule has 0 saturated carbocycles. The van der Waals surface area contributed by atoms with Gasteiger partial charge in [-0.05, 0) is 29.3 Å². The van der Waals surface area contributed by atoms with Gasteiger partial charge < -0.3 is 4.90 Å². The molecule has 2 fully saturated rings. The molecule has 0 aliphatic carbocycles. The predicted octanol–water partition coefficient (Wildman–Crippen LogP) is 2.24. The molecule has 0 unspecified atom stereocenters. The van der Waals surface area contributed by atoms with Gasteiger partial charge in [-0.3, -0.25) is 19.8 Å². The van der Waals surface area contributed by atoms with E-state index in [-0.39, 0.29) is 37.1 Å². The van der Waals surface area contributed by atoms with Crippen molar-refractivity contribution >= 4 is 23.7 Å². The number of hydrogen-bond donors (Lipinski definition) is 1. The summed E-state index contributed by atoms with van der Waals surface area (Å²) in [6.07, 6.45) is -2.95. The van der Waals surface area contributed by atoms with Crippen LogP contribution in [0.25, 0.3) is 0 Å². The van der Waals surface area contributed by atoms with Crippen LogP contribution in [-0.4, -0.2) is 70.5 Å². The number of urea groups is 1. The van der Waals surface area contributed by atoms with Gasteiger partial charge in [-0.1, -0.05) is 12.1 Å². The number of anilines is 1. The predicted molar refractivity (Wildman–Crippen MR) is 118 cm³/mol. The highest BCUT2D eigenvalue weighted by atomic mass is 19.4. The molecule has 1 N–H and O–H groups in total. The molecular weight excluding hydrogens is 465 g/mol. The van der Waals surface area contributed by atoms with E-state index in [9.17, 15) is 27.6 Å². The summed E-state index contributed by atoms with van der Waals surface area (Å²) in [6, 6.07) is 7.25. The summed E-state index contributed by atoms with van der Waals surface area (Å²) in [5.74, 6) is -0.699. The number of rotatable bonds is 4. The molecule has 35 heavy (non-hydrogen) atoms. The molecule has 1 aromatic heterocycles. The minimum atomic E-state index is -4.46. The molecule has 4 amide bonds. The van der Waals surface area contributed by atoms with Crippen molar-refractivity contribution < 1.29 is 27.6 Å².